The van der Waals surface area contributed by atoms with Crippen LogP contribution in [0.1, 0.15) is 33.9 Å². The number of nitrogens with one attached hydrogen (secondary N) is 2. The van der Waals surface area contributed by atoms with Gasteiger partial charge in [0.1, 0.15) is 17.8 Å². The maximum absolute atomic E-state index is 13.3. The number of carbonyl (C=O) groups is 3. The maximum Gasteiger partial charge on any atom is 0.328 e. The van der Waals surface area contributed by atoms with Gasteiger partial charge in [-0.2, -0.15) is 0 Å². The van der Waals surface area contributed by atoms with Crippen LogP contribution in [0.2, 0.25) is 0 Å². The number of phenols is 1. The van der Waals surface area contributed by atoms with E-state index in [1.165, 1.54) is 7.11 Å². The molecule has 0 unspecified atom stereocenters. The number of phenolic OH excluding ortho intramolecular Hbond substituents is 1. The lowest BCUT2D eigenvalue weighted by atomic mass is 9.97. The highest BCUT2D eigenvalue weighted by Crippen LogP contribution is 2.23. The Labute approximate surface area is 197 Å². The summed E-state index contributed by atoms with van der Waals surface area (Å²) in [5.41, 5.74) is 3.82. The Morgan fingerprint density at radius 3 is 2.26 bits per heavy atom. The molecule has 5 rings (SSSR count). The molecule has 34 heavy (non-hydrogen) atoms. The van der Waals surface area contributed by atoms with Gasteiger partial charge in [-0.1, -0.05) is 66.7 Å². The molecule has 174 valence electrons. The lowest BCUT2D eigenvalue weighted by Crippen LogP contribution is -2.48. The molecule has 0 radical (unpaired) electrons. The fraction of sp³-hybridized carbons (Fsp3) is 0.222. The summed E-state index contributed by atoms with van der Waals surface area (Å²) in [5.74, 6) is -1.28. The zero-order valence-electron chi connectivity index (χ0n) is 18.8. The number of esters is 1. The molecule has 0 aromatic heterocycles. The Balaban J connectivity index is 1.74. The highest BCUT2D eigenvalue weighted by molar-refractivity contribution is 5.92. The van der Waals surface area contributed by atoms with Crippen molar-refractivity contribution in [1.29, 1.82) is 0 Å². The average molecular weight is 459 g/mol. The van der Waals surface area contributed by atoms with E-state index in [1.54, 1.807) is 42.5 Å². The highest BCUT2D eigenvalue weighted by Gasteiger charge is 2.29. The van der Waals surface area contributed by atoms with Crippen molar-refractivity contribution in [3.63, 3.8) is 0 Å². The summed E-state index contributed by atoms with van der Waals surface area (Å²) in [7, 11) is 1.27. The highest BCUT2D eigenvalue weighted by atomic mass is 16.5. The number of hydrogen-bond acceptors (Lipinski definition) is 5. The molecule has 7 heteroatoms. The van der Waals surface area contributed by atoms with Crippen molar-refractivity contribution < 1.29 is 24.2 Å². The zero-order chi connectivity index (χ0) is 24.1. The Morgan fingerprint density at radius 1 is 0.882 bits per heavy atom. The van der Waals surface area contributed by atoms with E-state index < -0.39 is 24.0 Å². The molecule has 2 atom stereocenters. The molecule has 0 saturated carbocycles. The maximum atomic E-state index is 13.3. The number of rotatable bonds is 2. The van der Waals surface area contributed by atoms with Crippen LogP contribution in [0.25, 0.3) is 0 Å². The Morgan fingerprint density at radius 2 is 1.56 bits per heavy atom. The molecule has 2 heterocycles. The lowest BCUT2D eigenvalue weighted by Gasteiger charge is -2.23. The molecule has 3 N–H and O–H groups in total. The first kappa shape index (κ1) is 23.0. The summed E-state index contributed by atoms with van der Waals surface area (Å²) in [4.78, 5) is 38.7. The van der Waals surface area contributed by atoms with E-state index in [1.807, 2.05) is 30.3 Å². The van der Waals surface area contributed by atoms with E-state index >= 15 is 0 Å². The number of aromatic hydroxyl groups is 1. The van der Waals surface area contributed by atoms with Gasteiger partial charge in [0, 0.05) is 12.8 Å². The number of amides is 2. The number of carbonyl (C=O) groups excluding carboxylic acids is 3. The number of fused-ring (bicyclic) bond motifs is 9. The smallest absolute Gasteiger partial charge is 0.328 e. The van der Waals surface area contributed by atoms with Crippen LogP contribution in [0.4, 0.5) is 0 Å². The van der Waals surface area contributed by atoms with E-state index in [0.717, 1.165) is 11.1 Å². The summed E-state index contributed by atoms with van der Waals surface area (Å²) < 4.78 is 4.92. The van der Waals surface area contributed by atoms with Crippen LogP contribution in [0.15, 0.2) is 72.8 Å². The molecule has 0 fully saturated rings. The van der Waals surface area contributed by atoms with Crippen LogP contribution < -0.4 is 10.6 Å². The second-order valence-corrected chi connectivity index (χ2v) is 8.33. The normalized spacial score (nSPS) is 18.6. The molecule has 4 bridgehead atoms. The van der Waals surface area contributed by atoms with Crippen molar-refractivity contribution in [1.82, 2.24) is 10.6 Å². The molecular formula is C27H26N2O5. The molecule has 2 aliphatic rings. The van der Waals surface area contributed by atoms with E-state index in [0.29, 0.717) is 23.1 Å². The van der Waals surface area contributed by atoms with Gasteiger partial charge in [0.05, 0.1) is 13.5 Å². The second kappa shape index (κ2) is 10.2. The third-order valence-corrected chi connectivity index (χ3v) is 5.87. The summed E-state index contributed by atoms with van der Waals surface area (Å²) in [6.45, 7) is 0. The van der Waals surface area contributed by atoms with Crippen molar-refractivity contribution in [2.45, 2.75) is 31.3 Å². The minimum atomic E-state index is -0.993. The van der Waals surface area contributed by atoms with Crippen molar-refractivity contribution in [3.8, 4) is 5.75 Å². The van der Waals surface area contributed by atoms with Gasteiger partial charge in [0.25, 0.3) is 0 Å². The minimum absolute atomic E-state index is 0.0310. The number of hydrogen-bond donors (Lipinski definition) is 3. The monoisotopic (exact) mass is 458 g/mol. The topological polar surface area (TPSA) is 105 Å². The van der Waals surface area contributed by atoms with E-state index in [-0.39, 0.29) is 24.5 Å². The molecule has 0 spiro atoms. The molecule has 7 nitrogen and oxygen atoms in total. The molecular weight excluding hydrogens is 432 g/mol. The van der Waals surface area contributed by atoms with Gasteiger partial charge in [-0.05, 0) is 33.9 Å². The van der Waals surface area contributed by atoms with Gasteiger partial charge in [-0.25, -0.2) is 4.79 Å². The number of methoxy groups -OCH3 is 1. The van der Waals surface area contributed by atoms with Gasteiger partial charge in [0.15, 0.2) is 0 Å². The van der Waals surface area contributed by atoms with Crippen molar-refractivity contribution in [2.75, 3.05) is 7.11 Å². The SMILES string of the molecule is COC(=O)[C@@H]1Cc2ccc(cc2)Cc2cc(ccc2O)CC(=O)N[C@H](c2ccccc2)C(=O)N1. The fourth-order valence-corrected chi connectivity index (χ4v) is 4.07. The average Bonchev–Trinajstić information content (AvgIpc) is 2.84. The Bertz CT molecular complexity index is 1190. The lowest BCUT2D eigenvalue weighted by molar-refractivity contribution is -0.145. The Hall–Kier alpha value is -4.13. The molecule has 2 amide bonds. The van der Waals surface area contributed by atoms with Gasteiger partial charge >= 0.3 is 5.97 Å². The van der Waals surface area contributed by atoms with E-state index in [9.17, 15) is 19.5 Å². The second-order valence-electron chi connectivity index (χ2n) is 8.33. The summed E-state index contributed by atoms with van der Waals surface area (Å²) in [5, 5.41) is 15.9. The first-order chi connectivity index (χ1) is 16.4. The molecule has 2 aliphatic heterocycles. The Kier molecular flexibility index (Phi) is 6.92. The van der Waals surface area contributed by atoms with Crippen molar-refractivity contribution in [2.24, 2.45) is 0 Å². The predicted octanol–water partition coefficient (Wildman–Crippen LogP) is 2.60. The van der Waals surface area contributed by atoms with E-state index in [2.05, 4.69) is 10.6 Å². The van der Waals surface area contributed by atoms with Crippen molar-refractivity contribution in [3.05, 3.63) is 101 Å². The van der Waals surface area contributed by atoms with Crippen LogP contribution in [0.3, 0.4) is 0 Å². The van der Waals surface area contributed by atoms with Crippen molar-refractivity contribution >= 4 is 17.8 Å². The van der Waals surface area contributed by atoms with Gasteiger partial charge in [-0.15, -0.1) is 0 Å². The first-order valence-electron chi connectivity index (χ1n) is 11.0. The van der Waals surface area contributed by atoms with Gasteiger partial charge in [0.2, 0.25) is 11.8 Å². The van der Waals surface area contributed by atoms with E-state index in [4.69, 9.17) is 4.74 Å². The molecule has 0 saturated heterocycles. The fourth-order valence-electron chi connectivity index (χ4n) is 4.07. The largest absolute Gasteiger partial charge is 0.508 e. The van der Waals surface area contributed by atoms with Crippen LogP contribution >= 0.6 is 0 Å². The van der Waals surface area contributed by atoms with Gasteiger partial charge in [-0.3, -0.25) is 9.59 Å². The number of benzene rings is 3. The third kappa shape index (κ3) is 5.43. The zero-order valence-corrected chi connectivity index (χ0v) is 18.8. The quantitative estimate of drug-likeness (QED) is 0.512. The van der Waals surface area contributed by atoms with Gasteiger partial charge < -0.3 is 20.5 Å². The third-order valence-electron chi connectivity index (χ3n) is 5.87. The van der Waals surface area contributed by atoms with Crippen LogP contribution in [-0.4, -0.2) is 36.0 Å². The summed E-state index contributed by atoms with van der Waals surface area (Å²) in [6, 6.07) is 19.6. The summed E-state index contributed by atoms with van der Waals surface area (Å²) >= 11 is 0. The summed E-state index contributed by atoms with van der Waals surface area (Å²) in [6.07, 6.45) is 0.753. The molecule has 0 aliphatic carbocycles. The van der Waals surface area contributed by atoms with Crippen LogP contribution in [0.5, 0.6) is 5.75 Å². The predicted molar refractivity (Wildman–Crippen MR) is 126 cm³/mol. The first-order valence-corrected chi connectivity index (χ1v) is 11.0. The van der Waals surface area contributed by atoms with Crippen LogP contribution in [-0.2, 0) is 38.4 Å². The minimum Gasteiger partial charge on any atom is -0.508 e. The molecule has 3 aromatic rings. The number of ether oxygens (including phenoxy) is 1. The molecule has 3 aromatic carbocycles. The standard InChI is InChI=1S/C27H26N2O5/c1-34-27(33)22-15-18-9-7-17(8-10-18)13-21-14-19(11-12-23(21)30)16-24(31)29-25(26(32)28-22)20-5-3-2-4-6-20/h2-12,14,22,25,30H,13,15-16H2,1H3,(H,28,32)(H,29,31)/t22-,25+/m0/s1. The van der Waals surface area contributed by atoms with Crippen LogP contribution in [0, 0.1) is 0 Å².